The lowest BCUT2D eigenvalue weighted by molar-refractivity contribution is 0.0294. The van der Waals surface area contributed by atoms with Crippen molar-refractivity contribution < 1.29 is 23.1 Å². The van der Waals surface area contributed by atoms with Crippen molar-refractivity contribution in [2.75, 3.05) is 13.1 Å². The molecular formula is C13H14F3NO2. The maximum atomic E-state index is 13.5. The topological polar surface area (TPSA) is 40.5 Å². The fourth-order valence-electron chi connectivity index (χ4n) is 2.18. The van der Waals surface area contributed by atoms with Gasteiger partial charge >= 0.3 is 0 Å². The molecule has 2 unspecified atom stereocenters. The molecule has 0 bridgehead atoms. The van der Waals surface area contributed by atoms with Crippen LogP contribution in [0.3, 0.4) is 0 Å². The molecule has 3 nitrogen and oxygen atoms in total. The van der Waals surface area contributed by atoms with Crippen molar-refractivity contribution in [3.8, 4) is 0 Å². The number of carbonyl (C=O) groups excluding carboxylic acids is 1. The largest absolute Gasteiger partial charge is 0.393 e. The Kier molecular flexibility index (Phi) is 3.80. The Labute approximate surface area is 108 Å². The van der Waals surface area contributed by atoms with Crippen LogP contribution in [0.25, 0.3) is 0 Å². The van der Waals surface area contributed by atoms with Gasteiger partial charge in [0.05, 0.1) is 11.7 Å². The summed E-state index contributed by atoms with van der Waals surface area (Å²) in [6, 6.07) is 1.67. The molecule has 1 N–H and O–H groups in total. The van der Waals surface area contributed by atoms with Gasteiger partial charge in [-0.1, -0.05) is 6.92 Å². The van der Waals surface area contributed by atoms with Crippen LogP contribution in [0.15, 0.2) is 12.1 Å². The standard InChI is InChI=1S/C13H14F3NO2/c1-7-6-17(5-4-10(7)18)13(19)8-2-3-9(14)12(16)11(8)15/h2-3,7,10,18H,4-6H2,1H3. The number of likely N-dealkylation sites (tertiary alicyclic amines) is 1. The van der Waals surface area contributed by atoms with Crippen LogP contribution in [-0.4, -0.2) is 35.1 Å². The van der Waals surface area contributed by atoms with E-state index in [4.69, 9.17) is 0 Å². The van der Waals surface area contributed by atoms with Crippen molar-refractivity contribution >= 4 is 5.91 Å². The van der Waals surface area contributed by atoms with E-state index in [1.54, 1.807) is 6.92 Å². The van der Waals surface area contributed by atoms with Gasteiger partial charge in [0.2, 0.25) is 0 Å². The second-order valence-corrected chi connectivity index (χ2v) is 4.81. The highest BCUT2D eigenvalue weighted by Gasteiger charge is 2.30. The predicted octanol–water partition coefficient (Wildman–Crippen LogP) is 1.95. The zero-order valence-corrected chi connectivity index (χ0v) is 10.4. The molecule has 0 radical (unpaired) electrons. The highest BCUT2D eigenvalue weighted by atomic mass is 19.2. The van der Waals surface area contributed by atoms with Crippen LogP contribution >= 0.6 is 0 Å². The smallest absolute Gasteiger partial charge is 0.256 e. The average molecular weight is 273 g/mol. The lowest BCUT2D eigenvalue weighted by Crippen LogP contribution is -2.45. The molecule has 0 spiro atoms. The quantitative estimate of drug-likeness (QED) is 0.794. The summed E-state index contributed by atoms with van der Waals surface area (Å²) < 4.78 is 39.4. The summed E-state index contributed by atoms with van der Waals surface area (Å²) in [5.74, 6) is -5.25. The zero-order valence-electron chi connectivity index (χ0n) is 10.4. The summed E-state index contributed by atoms with van der Waals surface area (Å²) in [4.78, 5) is 13.4. The van der Waals surface area contributed by atoms with Crippen LogP contribution < -0.4 is 0 Å². The third-order valence-corrected chi connectivity index (χ3v) is 3.41. The van der Waals surface area contributed by atoms with Crippen molar-refractivity contribution in [2.24, 2.45) is 5.92 Å². The van der Waals surface area contributed by atoms with E-state index in [0.717, 1.165) is 12.1 Å². The Morgan fingerprint density at radius 2 is 2.00 bits per heavy atom. The third-order valence-electron chi connectivity index (χ3n) is 3.41. The van der Waals surface area contributed by atoms with E-state index in [1.165, 1.54) is 4.90 Å². The number of nitrogens with zero attached hydrogens (tertiary/aromatic N) is 1. The summed E-state index contributed by atoms with van der Waals surface area (Å²) >= 11 is 0. The molecular weight excluding hydrogens is 259 g/mol. The van der Waals surface area contributed by atoms with Gasteiger partial charge in [-0.25, -0.2) is 13.2 Å². The number of piperidine rings is 1. The lowest BCUT2D eigenvalue weighted by Gasteiger charge is -2.34. The second-order valence-electron chi connectivity index (χ2n) is 4.81. The fourth-order valence-corrected chi connectivity index (χ4v) is 2.18. The molecule has 1 aromatic rings. The number of aliphatic hydroxyl groups excluding tert-OH is 1. The minimum atomic E-state index is -1.64. The van der Waals surface area contributed by atoms with Crippen LogP contribution in [0.5, 0.6) is 0 Å². The van der Waals surface area contributed by atoms with Crippen LogP contribution in [0.2, 0.25) is 0 Å². The molecule has 0 aliphatic carbocycles. The molecule has 0 saturated carbocycles. The van der Waals surface area contributed by atoms with Gasteiger partial charge in [-0.15, -0.1) is 0 Å². The predicted molar refractivity (Wildman–Crippen MR) is 62.0 cm³/mol. The van der Waals surface area contributed by atoms with Crippen LogP contribution in [0.4, 0.5) is 13.2 Å². The van der Waals surface area contributed by atoms with Crippen molar-refractivity contribution in [3.05, 3.63) is 35.1 Å². The van der Waals surface area contributed by atoms with Crippen LogP contribution in [0.1, 0.15) is 23.7 Å². The zero-order chi connectivity index (χ0) is 14.2. The van der Waals surface area contributed by atoms with E-state index in [-0.39, 0.29) is 19.0 Å². The average Bonchev–Trinajstić information content (AvgIpc) is 2.39. The summed E-state index contributed by atoms with van der Waals surface area (Å²) in [5, 5.41) is 9.56. The van der Waals surface area contributed by atoms with Crippen molar-refractivity contribution in [2.45, 2.75) is 19.4 Å². The molecule has 104 valence electrons. The first kappa shape index (κ1) is 13.9. The van der Waals surface area contributed by atoms with Crippen LogP contribution in [0, 0.1) is 23.4 Å². The van der Waals surface area contributed by atoms with E-state index in [0.29, 0.717) is 6.42 Å². The van der Waals surface area contributed by atoms with Gasteiger partial charge in [-0.2, -0.15) is 0 Å². The molecule has 2 rings (SSSR count). The number of hydrogen-bond acceptors (Lipinski definition) is 2. The number of rotatable bonds is 1. The number of aliphatic hydroxyl groups is 1. The summed E-state index contributed by atoms with van der Waals surface area (Å²) in [6.45, 7) is 2.30. The van der Waals surface area contributed by atoms with Gasteiger partial charge in [-0.3, -0.25) is 4.79 Å². The fraction of sp³-hybridized carbons (Fsp3) is 0.462. The molecule has 0 aromatic heterocycles. The Hall–Kier alpha value is -1.56. The van der Waals surface area contributed by atoms with Gasteiger partial charge in [0.15, 0.2) is 17.5 Å². The number of benzene rings is 1. The summed E-state index contributed by atoms with van der Waals surface area (Å²) in [6.07, 6.45) is -0.114. The Morgan fingerprint density at radius 1 is 1.32 bits per heavy atom. The summed E-state index contributed by atoms with van der Waals surface area (Å²) in [7, 11) is 0. The van der Waals surface area contributed by atoms with Crippen molar-refractivity contribution in [1.82, 2.24) is 4.90 Å². The number of amides is 1. The number of hydrogen-bond donors (Lipinski definition) is 1. The van der Waals surface area contributed by atoms with Crippen LogP contribution in [-0.2, 0) is 0 Å². The molecule has 1 aliphatic heterocycles. The normalized spacial score (nSPS) is 23.5. The highest BCUT2D eigenvalue weighted by Crippen LogP contribution is 2.21. The maximum Gasteiger partial charge on any atom is 0.256 e. The Bertz CT molecular complexity index is 507. The number of carbonyl (C=O) groups is 1. The Morgan fingerprint density at radius 3 is 2.63 bits per heavy atom. The first-order valence-corrected chi connectivity index (χ1v) is 6.02. The summed E-state index contributed by atoms with van der Waals surface area (Å²) in [5.41, 5.74) is -0.484. The highest BCUT2D eigenvalue weighted by molar-refractivity contribution is 5.94. The first-order valence-electron chi connectivity index (χ1n) is 6.02. The molecule has 1 fully saturated rings. The van der Waals surface area contributed by atoms with Gasteiger partial charge in [0, 0.05) is 13.1 Å². The van der Waals surface area contributed by atoms with Crippen molar-refractivity contribution in [3.63, 3.8) is 0 Å². The molecule has 1 heterocycles. The second kappa shape index (κ2) is 5.21. The lowest BCUT2D eigenvalue weighted by atomic mass is 9.96. The SMILES string of the molecule is CC1CN(C(=O)c2ccc(F)c(F)c2F)CCC1O. The number of halogens is 3. The van der Waals surface area contributed by atoms with Gasteiger partial charge in [0.25, 0.3) is 5.91 Å². The van der Waals surface area contributed by atoms with Gasteiger partial charge in [0.1, 0.15) is 0 Å². The maximum absolute atomic E-state index is 13.5. The monoisotopic (exact) mass is 273 g/mol. The first-order chi connectivity index (χ1) is 8.91. The molecule has 1 aromatic carbocycles. The minimum Gasteiger partial charge on any atom is -0.393 e. The Balaban J connectivity index is 2.23. The van der Waals surface area contributed by atoms with E-state index in [1.807, 2.05) is 0 Å². The molecule has 1 aliphatic rings. The molecule has 19 heavy (non-hydrogen) atoms. The minimum absolute atomic E-state index is 0.133. The van der Waals surface area contributed by atoms with Gasteiger partial charge in [-0.05, 0) is 24.5 Å². The van der Waals surface area contributed by atoms with E-state index in [9.17, 15) is 23.1 Å². The molecule has 1 amide bonds. The molecule has 1 saturated heterocycles. The van der Waals surface area contributed by atoms with Gasteiger partial charge < -0.3 is 10.0 Å². The molecule has 2 atom stereocenters. The van der Waals surface area contributed by atoms with E-state index >= 15 is 0 Å². The van der Waals surface area contributed by atoms with E-state index in [2.05, 4.69) is 0 Å². The third kappa shape index (κ3) is 2.58. The van der Waals surface area contributed by atoms with E-state index < -0.39 is 35.0 Å². The van der Waals surface area contributed by atoms with Crippen molar-refractivity contribution in [1.29, 1.82) is 0 Å². The molecule has 6 heteroatoms.